The van der Waals surface area contributed by atoms with E-state index in [-0.39, 0.29) is 24.4 Å². The SMILES string of the molecule is COc1ccc([C@H]2CC(c3cccn3C)=NN2C(=O)CN(CCN2CCOCC2)C(=O)c2cccs2)cc1. The number of rotatable bonds is 9. The fourth-order valence-corrected chi connectivity index (χ4v) is 5.56. The molecule has 1 saturated heterocycles. The molecule has 0 saturated carbocycles. The number of methoxy groups -OCH3 is 1. The fraction of sp³-hybridized carbons (Fsp3) is 0.393. The summed E-state index contributed by atoms with van der Waals surface area (Å²) in [6.07, 6.45) is 2.56. The summed E-state index contributed by atoms with van der Waals surface area (Å²) in [6.45, 7) is 4.12. The maximum absolute atomic E-state index is 13.9. The Labute approximate surface area is 226 Å². The number of hydrazone groups is 1. The van der Waals surface area contributed by atoms with E-state index in [0.29, 0.717) is 37.6 Å². The number of aryl methyl sites for hydroxylation is 1. The van der Waals surface area contributed by atoms with E-state index < -0.39 is 0 Å². The van der Waals surface area contributed by atoms with Gasteiger partial charge < -0.3 is 18.9 Å². The molecule has 0 aliphatic carbocycles. The number of ether oxygens (including phenoxy) is 2. The Kier molecular flexibility index (Phi) is 8.21. The predicted octanol–water partition coefficient (Wildman–Crippen LogP) is 3.25. The molecule has 1 aromatic carbocycles. The van der Waals surface area contributed by atoms with Gasteiger partial charge in [-0.25, -0.2) is 5.01 Å². The zero-order valence-electron chi connectivity index (χ0n) is 21.8. The molecule has 0 spiro atoms. The molecule has 2 aromatic heterocycles. The van der Waals surface area contributed by atoms with Crippen LogP contribution in [0.25, 0.3) is 0 Å². The second-order valence-electron chi connectivity index (χ2n) is 9.44. The van der Waals surface area contributed by atoms with Crippen molar-refractivity contribution < 1.29 is 19.1 Å². The van der Waals surface area contributed by atoms with Gasteiger partial charge in [0.1, 0.15) is 12.3 Å². The van der Waals surface area contributed by atoms with Crippen LogP contribution in [0.15, 0.2) is 65.2 Å². The number of amides is 2. The van der Waals surface area contributed by atoms with Gasteiger partial charge in [0.15, 0.2) is 0 Å². The van der Waals surface area contributed by atoms with Crippen LogP contribution >= 0.6 is 11.3 Å². The summed E-state index contributed by atoms with van der Waals surface area (Å²) >= 11 is 1.39. The molecule has 9 nitrogen and oxygen atoms in total. The number of carbonyl (C=O) groups excluding carboxylic acids is 2. The van der Waals surface area contributed by atoms with Crippen molar-refractivity contribution in [3.8, 4) is 5.75 Å². The van der Waals surface area contributed by atoms with Crippen molar-refractivity contribution in [2.24, 2.45) is 12.1 Å². The van der Waals surface area contributed by atoms with Crippen molar-refractivity contribution in [2.45, 2.75) is 12.5 Å². The van der Waals surface area contributed by atoms with Crippen LogP contribution in [0.1, 0.15) is 33.4 Å². The van der Waals surface area contributed by atoms with E-state index in [1.807, 2.05) is 65.7 Å². The molecule has 4 heterocycles. The molecule has 0 N–H and O–H groups in total. The third-order valence-electron chi connectivity index (χ3n) is 7.04. The molecule has 2 aliphatic rings. The van der Waals surface area contributed by atoms with Crippen molar-refractivity contribution in [3.63, 3.8) is 0 Å². The van der Waals surface area contributed by atoms with Crippen LogP contribution < -0.4 is 4.74 Å². The van der Waals surface area contributed by atoms with Gasteiger partial charge in [0.2, 0.25) is 0 Å². The Morgan fingerprint density at radius 3 is 2.58 bits per heavy atom. The Balaban J connectivity index is 1.39. The Morgan fingerprint density at radius 2 is 1.92 bits per heavy atom. The van der Waals surface area contributed by atoms with Crippen molar-refractivity contribution in [1.82, 2.24) is 19.4 Å². The summed E-state index contributed by atoms with van der Waals surface area (Å²) in [4.78, 5) is 31.8. The quantitative estimate of drug-likeness (QED) is 0.420. The monoisotopic (exact) mass is 535 g/mol. The van der Waals surface area contributed by atoms with Gasteiger partial charge in [-0.2, -0.15) is 5.10 Å². The van der Waals surface area contributed by atoms with E-state index in [2.05, 4.69) is 4.90 Å². The van der Waals surface area contributed by atoms with Crippen LogP contribution in [0.5, 0.6) is 5.75 Å². The molecule has 1 fully saturated rings. The zero-order chi connectivity index (χ0) is 26.5. The minimum absolute atomic E-state index is 0.0440. The molecule has 2 amide bonds. The molecule has 200 valence electrons. The highest BCUT2D eigenvalue weighted by atomic mass is 32.1. The maximum atomic E-state index is 13.9. The van der Waals surface area contributed by atoms with E-state index in [1.54, 1.807) is 23.1 Å². The molecule has 2 aliphatic heterocycles. The summed E-state index contributed by atoms with van der Waals surface area (Å²) in [5.74, 6) is 0.416. The van der Waals surface area contributed by atoms with Gasteiger partial charge in [0.05, 0.1) is 42.6 Å². The molecule has 0 radical (unpaired) electrons. The molecule has 0 unspecified atom stereocenters. The maximum Gasteiger partial charge on any atom is 0.264 e. The number of nitrogens with zero attached hydrogens (tertiary/aromatic N) is 5. The van der Waals surface area contributed by atoms with E-state index in [4.69, 9.17) is 14.6 Å². The highest BCUT2D eigenvalue weighted by Gasteiger charge is 2.35. The smallest absolute Gasteiger partial charge is 0.264 e. The molecule has 0 bridgehead atoms. The predicted molar refractivity (Wildman–Crippen MR) is 147 cm³/mol. The van der Waals surface area contributed by atoms with Crippen LogP contribution in [0.4, 0.5) is 0 Å². The van der Waals surface area contributed by atoms with Gasteiger partial charge in [-0.1, -0.05) is 18.2 Å². The van der Waals surface area contributed by atoms with Crippen LogP contribution in [0, 0.1) is 0 Å². The first-order valence-electron chi connectivity index (χ1n) is 12.8. The Morgan fingerprint density at radius 1 is 1.13 bits per heavy atom. The van der Waals surface area contributed by atoms with Crippen LogP contribution in [0.2, 0.25) is 0 Å². The minimum Gasteiger partial charge on any atom is -0.497 e. The molecular weight excluding hydrogens is 502 g/mol. The first-order valence-corrected chi connectivity index (χ1v) is 13.7. The number of hydrogen-bond acceptors (Lipinski definition) is 7. The summed E-state index contributed by atoms with van der Waals surface area (Å²) in [5.41, 5.74) is 2.78. The zero-order valence-corrected chi connectivity index (χ0v) is 22.6. The summed E-state index contributed by atoms with van der Waals surface area (Å²) in [5, 5.41) is 8.25. The van der Waals surface area contributed by atoms with E-state index in [9.17, 15) is 9.59 Å². The van der Waals surface area contributed by atoms with E-state index in [1.165, 1.54) is 11.3 Å². The Hall–Kier alpha value is -3.47. The number of aromatic nitrogens is 1. The summed E-state index contributed by atoms with van der Waals surface area (Å²) in [6, 6.07) is 15.1. The second-order valence-corrected chi connectivity index (χ2v) is 10.4. The average Bonchev–Trinajstić information content (AvgIpc) is 3.72. The number of benzene rings is 1. The lowest BCUT2D eigenvalue weighted by molar-refractivity contribution is -0.133. The first-order chi connectivity index (χ1) is 18.5. The van der Waals surface area contributed by atoms with E-state index >= 15 is 0 Å². The number of thiophene rings is 1. The average molecular weight is 536 g/mol. The van der Waals surface area contributed by atoms with Gasteiger partial charge in [0.25, 0.3) is 11.8 Å². The largest absolute Gasteiger partial charge is 0.497 e. The van der Waals surface area contributed by atoms with Crippen molar-refractivity contribution in [3.05, 3.63) is 76.2 Å². The van der Waals surface area contributed by atoms with Crippen LogP contribution in [-0.4, -0.2) is 89.9 Å². The third-order valence-corrected chi connectivity index (χ3v) is 7.90. The number of morpholine rings is 1. The molecular formula is C28H33N5O4S. The normalized spacial score (nSPS) is 17.9. The first kappa shape index (κ1) is 26.1. The van der Waals surface area contributed by atoms with Gasteiger partial charge in [-0.3, -0.25) is 14.5 Å². The lowest BCUT2D eigenvalue weighted by atomic mass is 10.0. The van der Waals surface area contributed by atoms with Crippen molar-refractivity contribution in [1.29, 1.82) is 0 Å². The van der Waals surface area contributed by atoms with Gasteiger partial charge in [-0.15, -0.1) is 11.3 Å². The molecule has 3 aromatic rings. The van der Waals surface area contributed by atoms with Gasteiger partial charge in [-0.05, 0) is 41.3 Å². The van der Waals surface area contributed by atoms with Crippen LogP contribution in [0.3, 0.4) is 0 Å². The molecule has 5 rings (SSSR count). The highest BCUT2D eigenvalue weighted by Crippen LogP contribution is 2.34. The summed E-state index contributed by atoms with van der Waals surface area (Å²) in [7, 11) is 3.60. The van der Waals surface area contributed by atoms with Gasteiger partial charge in [0, 0.05) is 45.8 Å². The molecule has 1 atom stereocenters. The van der Waals surface area contributed by atoms with Crippen molar-refractivity contribution in [2.75, 3.05) is 53.0 Å². The molecule has 10 heteroatoms. The lowest BCUT2D eigenvalue weighted by Gasteiger charge is -2.31. The minimum atomic E-state index is -0.267. The van der Waals surface area contributed by atoms with Gasteiger partial charge >= 0.3 is 0 Å². The van der Waals surface area contributed by atoms with E-state index in [0.717, 1.165) is 35.8 Å². The van der Waals surface area contributed by atoms with Crippen LogP contribution in [-0.2, 0) is 16.6 Å². The third kappa shape index (κ3) is 5.82. The fourth-order valence-electron chi connectivity index (χ4n) is 4.87. The standard InChI is InChI=1S/C28H33N5O4S/c1-30-11-3-5-24(30)23-19-25(21-7-9-22(36-2)10-8-21)33(29-23)27(34)20-32(28(35)26-6-4-18-38-26)13-12-31-14-16-37-17-15-31/h3-11,18,25H,12-17,19-20H2,1-2H3/t25-/m1/s1. The second kappa shape index (κ2) is 11.9. The number of carbonyl (C=O) groups is 2. The lowest BCUT2D eigenvalue weighted by Crippen LogP contribution is -2.46. The Bertz CT molecular complexity index is 1260. The topological polar surface area (TPSA) is 79.6 Å². The number of hydrogen-bond donors (Lipinski definition) is 0. The highest BCUT2D eigenvalue weighted by molar-refractivity contribution is 7.12. The summed E-state index contributed by atoms with van der Waals surface area (Å²) < 4.78 is 12.8. The molecule has 38 heavy (non-hydrogen) atoms. The van der Waals surface area contributed by atoms with Crippen molar-refractivity contribution >= 4 is 28.9 Å².